The molecule has 1 aromatic rings. The first-order chi connectivity index (χ1) is 9.78. The number of benzene rings is 1. The van der Waals surface area contributed by atoms with Gasteiger partial charge in [-0.3, -0.25) is 0 Å². The smallest absolute Gasteiger partial charge is 0.152 e. The third kappa shape index (κ3) is 4.44. The largest absolute Gasteiger partial charge is 0.370 e. The minimum atomic E-state index is -2.87. The fourth-order valence-corrected chi connectivity index (χ4v) is 4.73. The molecule has 1 N–H and O–H groups in total. The van der Waals surface area contributed by atoms with Crippen LogP contribution in [0, 0.1) is 0 Å². The van der Waals surface area contributed by atoms with Crippen LogP contribution in [0.15, 0.2) is 22.7 Å². The SMILES string of the molecule is CC(C)NCc1ccc(Br)cc1N(C)C1CCS(=O)(=O)C1. The first-order valence-electron chi connectivity index (χ1n) is 7.23. The maximum atomic E-state index is 11.7. The molecule has 0 aromatic heterocycles. The number of nitrogens with zero attached hydrogens (tertiary/aromatic N) is 1. The molecule has 1 unspecified atom stereocenters. The molecular weight excluding hydrogens is 352 g/mol. The van der Waals surface area contributed by atoms with Crippen LogP contribution in [-0.2, 0) is 16.4 Å². The summed E-state index contributed by atoms with van der Waals surface area (Å²) in [6.07, 6.45) is 0.711. The normalized spacial score (nSPS) is 20.9. The Labute approximate surface area is 136 Å². The Morgan fingerprint density at radius 1 is 1.43 bits per heavy atom. The average Bonchev–Trinajstić information content (AvgIpc) is 2.76. The summed E-state index contributed by atoms with van der Waals surface area (Å²) in [5.74, 6) is 0.558. The van der Waals surface area contributed by atoms with Gasteiger partial charge in [0.2, 0.25) is 0 Å². The number of anilines is 1. The lowest BCUT2D eigenvalue weighted by Gasteiger charge is -2.28. The second-order valence-corrected chi connectivity index (χ2v) is 9.12. The van der Waals surface area contributed by atoms with Gasteiger partial charge in [-0.1, -0.05) is 35.8 Å². The lowest BCUT2D eigenvalue weighted by atomic mass is 10.1. The van der Waals surface area contributed by atoms with E-state index in [1.54, 1.807) is 0 Å². The average molecular weight is 375 g/mol. The van der Waals surface area contributed by atoms with Crippen LogP contribution in [0.25, 0.3) is 0 Å². The summed E-state index contributed by atoms with van der Waals surface area (Å²) in [4.78, 5) is 2.12. The summed E-state index contributed by atoms with van der Waals surface area (Å²) in [6.45, 7) is 5.02. The number of hydrogen-bond acceptors (Lipinski definition) is 4. The number of sulfone groups is 1. The van der Waals surface area contributed by atoms with E-state index in [0.29, 0.717) is 18.2 Å². The molecule has 0 amide bonds. The van der Waals surface area contributed by atoms with E-state index in [2.05, 4.69) is 52.1 Å². The van der Waals surface area contributed by atoms with Crippen molar-refractivity contribution in [3.63, 3.8) is 0 Å². The van der Waals surface area contributed by atoms with E-state index in [1.807, 2.05) is 13.1 Å². The molecule has 0 bridgehead atoms. The molecule has 0 aliphatic carbocycles. The fourth-order valence-electron chi connectivity index (χ4n) is 2.61. The van der Waals surface area contributed by atoms with E-state index >= 15 is 0 Å². The van der Waals surface area contributed by atoms with Gasteiger partial charge in [0.05, 0.1) is 11.5 Å². The Kier molecular flexibility index (Phi) is 5.33. The van der Waals surface area contributed by atoms with E-state index in [4.69, 9.17) is 0 Å². The second-order valence-electron chi connectivity index (χ2n) is 5.98. The van der Waals surface area contributed by atoms with Crippen LogP contribution < -0.4 is 10.2 Å². The van der Waals surface area contributed by atoms with Crippen LogP contribution >= 0.6 is 15.9 Å². The van der Waals surface area contributed by atoms with Crippen LogP contribution in [-0.4, -0.2) is 39.1 Å². The van der Waals surface area contributed by atoms with Gasteiger partial charge >= 0.3 is 0 Å². The lowest BCUT2D eigenvalue weighted by Crippen LogP contribution is -2.34. The fraction of sp³-hybridized carbons (Fsp3) is 0.600. The molecule has 118 valence electrons. The topological polar surface area (TPSA) is 49.4 Å². The molecule has 0 spiro atoms. The molecular formula is C15H23BrN2O2S. The van der Waals surface area contributed by atoms with Crippen molar-refractivity contribution in [1.29, 1.82) is 0 Å². The second kappa shape index (κ2) is 6.67. The van der Waals surface area contributed by atoms with Crippen molar-refractivity contribution < 1.29 is 8.42 Å². The monoisotopic (exact) mass is 374 g/mol. The molecule has 2 rings (SSSR count). The van der Waals surface area contributed by atoms with Crippen molar-refractivity contribution in [1.82, 2.24) is 5.32 Å². The summed E-state index contributed by atoms with van der Waals surface area (Å²) in [7, 11) is -0.874. The Bertz CT molecular complexity index is 602. The molecule has 1 atom stereocenters. The molecule has 1 aromatic carbocycles. The first kappa shape index (κ1) is 16.8. The molecule has 1 saturated heterocycles. The van der Waals surface area contributed by atoms with Crippen molar-refractivity contribution >= 4 is 31.5 Å². The van der Waals surface area contributed by atoms with Gasteiger partial charge in [0.25, 0.3) is 0 Å². The van der Waals surface area contributed by atoms with Gasteiger partial charge in [0.1, 0.15) is 0 Å². The quantitative estimate of drug-likeness (QED) is 0.860. The Morgan fingerprint density at radius 3 is 2.71 bits per heavy atom. The highest BCUT2D eigenvalue weighted by Crippen LogP contribution is 2.29. The van der Waals surface area contributed by atoms with Gasteiger partial charge < -0.3 is 10.2 Å². The van der Waals surface area contributed by atoms with Crippen LogP contribution in [0.5, 0.6) is 0 Å². The van der Waals surface area contributed by atoms with Crippen LogP contribution in [0.4, 0.5) is 5.69 Å². The van der Waals surface area contributed by atoms with E-state index in [9.17, 15) is 8.42 Å². The van der Waals surface area contributed by atoms with Crippen molar-refractivity contribution in [3.8, 4) is 0 Å². The number of rotatable bonds is 5. The lowest BCUT2D eigenvalue weighted by molar-refractivity contribution is 0.586. The number of halogens is 1. The molecule has 1 fully saturated rings. The first-order valence-corrected chi connectivity index (χ1v) is 9.85. The summed E-state index contributed by atoms with van der Waals surface area (Å²) in [6, 6.07) is 6.68. The maximum absolute atomic E-state index is 11.7. The predicted molar refractivity (Wildman–Crippen MR) is 91.6 cm³/mol. The van der Waals surface area contributed by atoms with Crippen molar-refractivity contribution in [2.45, 2.75) is 38.9 Å². The molecule has 4 nitrogen and oxygen atoms in total. The van der Waals surface area contributed by atoms with E-state index < -0.39 is 9.84 Å². The molecule has 0 radical (unpaired) electrons. The number of nitrogens with one attached hydrogen (secondary N) is 1. The highest BCUT2D eigenvalue weighted by Gasteiger charge is 2.31. The van der Waals surface area contributed by atoms with Crippen molar-refractivity contribution in [3.05, 3.63) is 28.2 Å². The van der Waals surface area contributed by atoms with Crippen LogP contribution in [0.2, 0.25) is 0 Å². The van der Waals surface area contributed by atoms with Crippen LogP contribution in [0.3, 0.4) is 0 Å². The summed E-state index contributed by atoms with van der Waals surface area (Å²) < 4.78 is 24.4. The highest BCUT2D eigenvalue weighted by atomic mass is 79.9. The zero-order valence-electron chi connectivity index (χ0n) is 12.8. The zero-order chi connectivity index (χ0) is 15.6. The van der Waals surface area contributed by atoms with E-state index in [1.165, 1.54) is 5.56 Å². The molecule has 21 heavy (non-hydrogen) atoms. The minimum absolute atomic E-state index is 0.0714. The zero-order valence-corrected chi connectivity index (χ0v) is 15.2. The molecule has 0 saturated carbocycles. The maximum Gasteiger partial charge on any atom is 0.152 e. The van der Waals surface area contributed by atoms with Crippen molar-refractivity contribution in [2.24, 2.45) is 0 Å². The molecule has 1 aliphatic heterocycles. The molecule has 1 heterocycles. The standard InChI is InChI=1S/C15H23BrN2O2S/c1-11(2)17-9-12-4-5-13(16)8-15(12)18(3)14-6-7-21(19,20)10-14/h4-5,8,11,14,17H,6-7,9-10H2,1-3H3. The Morgan fingerprint density at radius 2 is 2.14 bits per heavy atom. The Hall–Kier alpha value is -0.590. The third-order valence-corrected chi connectivity index (χ3v) is 6.13. The van der Waals surface area contributed by atoms with Gasteiger partial charge in [0, 0.05) is 35.8 Å². The van der Waals surface area contributed by atoms with Gasteiger partial charge in [-0.05, 0) is 24.1 Å². The van der Waals surface area contributed by atoms with Gasteiger partial charge in [0.15, 0.2) is 9.84 Å². The summed E-state index contributed by atoms with van der Waals surface area (Å²) in [5, 5.41) is 3.42. The molecule has 1 aliphatic rings. The van der Waals surface area contributed by atoms with E-state index in [0.717, 1.165) is 16.7 Å². The number of hydrogen-bond donors (Lipinski definition) is 1. The van der Waals surface area contributed by atoms with Crippen LogP contribution in [0.1, 0.15) is 25.8 Å². The summed E-state index contributed by atoms with van der Waals surface area (Å²) in [5.41, 5.74) is 2.29. The van der Waals surface area contributed by atoms with Gasteiger partial charge in [-0.25, -0.2) is 8.42 Å². The Balaban J connectivity index is 2.22. The van der Waals surface area contributed by atoms with Crippen molar-refractivity contribution in [2.75, 3.05) is 23.5 Å². The van der Waals surface area contributed by atoms with E-state index in [-0.39, 0.29) is 11.8 Å². The minimum Gasteiger partial charge on any atom is -0.370 e. The third-order valence-electron chi connectivity index (χ3n) is 3.88. The van der Waals surface area contributed by atoms with Gasteiger partial charge in [-0.2, -0.15) is 0 Å². The highest BCUT2D eigenvalue weighted by molar-refractivity contribution is 9.10. The molecule has 6 heteroatoms. The predicted octanol–water partition coefficient (Wildman–Crippen LogP) is 2.57. The summed E-state index contributed by atoms with van der Waals surface area (Å²) >= 11 is 3.51. The van der Waals surface area contributed by atoms with Gasteiger partial charge in [-0.15, -0.1) is 0 Å².